The number of ketones is 1. The van der Waals surface area contributed by atoms with Crippen molar-refractivity contribution in [3.05, 3.63) is 29.8 Å². The van der Waals surface area contributed by atoms with Gasteiger partial charge in [0.2, 0.25) is 0 Å². The molecule has 1 spiro atoms. The van der Waals surface area contributed by atoms with Gasteiger partial charge in [0.15, 0.2) is 0 Å². The number of esters is 1. The highest BCUT2D eigenvalue weighted by Gasteiger charge is 2.87. The highest BCUT2D eigenvalue weighted by atomic mass is 16.5. The van der Waals surface area contributed by atoms with Gasteiger partial charge in [-0.2, -0.15) is 0 Å². The van der Waals surface area contributed by atoms with Crippen molar-refractivity contribution in [2.75, 3.05) is 55.2 Å². The minimum atomic E-state index is -0.758. The second-order valence-electron chi connectivity index (χ2n) is 14.5. The van der Waals surface area contributed by atoms with Gasteiger partial charge < -0.3 is 28.4 Å². The molecule has 242 valence electrons. The second kappa shape index (κ2) is 10.8. The van der Waals surface area contributed by atoms with E-state index in [1.807, 2.05) is 21.3 Å². The van der Waals surface area contributed by atoms with Gasteiger partial charge in [0.25, 0.3) is 0 Å². The third kappa shape index (κ3) is 3.59. The molecule has 9 heteroatoms. The van der Waals surface area contributed by atoms with E-state index in [0.29, 0.717) is 24.3 Å². The van der Waals surface area contributed by atoms with Crippen LogP contribution in [-0.4, -0.2) is 102 Å². The highest BCUT2D eigenvalue weighted by Crippen LogP contribution is 2.81. The lowest BCUT2D eigenvalue weighted by molar-refractivity contribution is -0.260. The van der Waals surface area contributed by atoms with Gasteiger partial charge in [-0.3, -0.25) is 9.69 Å². The van der Waals surface area contributed by atoms with E-state index in [-0.39, 0.29) is 76.5 Å². The largest absolute Gasteiger partial charge is 0.497 e. The molecule has 7 bridgehead atoms. The maximum Gasteiger partial charge on any atom is 0.338 e. The van der Waals surface area contributed by atoms with Gasteiger partial charge >= 0.3 is 5.97 Å². The fraction of sp³-hybridized carbons (Fsp3) is 0.771. The van der Waals surface area contributed by atoms with E-state index >= 15 is 0 Å². The zero-order valence-corrected chi connectivity index (χ0v) is 27.2. The van der Waals surface area contributed by atoms with Crippen LogP contribution in [0.15, 0.2) is 24.3 Å². The lowest BCUT2D eigenvalue weighted by Crippen LogP contribution is -2.75. The quantitative estimate of drug-likeness (QED) is 0.366. The number of hydrogen-bond donors (Lipinski definition) is 0. The van der Waals surface area contributed by atoms with Crippen LogP contribution in [0.5, 0.6) is 5.75 Å². The minimum Gasteiger partial charge on any atom is -0.497 e. The molecule has 1 aromatic carbocycles. The monoisotopic (exact) mass is 611 g/mol. The van der Waals surface area contributed by atoms with E-state index in [4.69, 9.17) is 28.4 Å². The van der Waals surface area contributed by atoms with Crippen molar-refractivity contribution in [2.45, 2.75) is 70.0 Å². The van der Waals surface area contributed by atoms with Crippen LogP contribution in [-0.2, 0) is 28.5 Å². The first-order valence-corrected chi connectivity index (χ1v) is 16.4. The molecule has 5 aliphatic carbocycles. The molecule has 1 saturated heterocycles. The van der Waals surface area contributed by atoms with E-state index in [0.717, 1.165) is 32.4 Å². The Hall–Kier alpha value is -2.04. The molecule has 0 aromatic heterocycles. The number of Topliss-reactive ketones (excluding diaryl/α,β-unsaturated/α-hetero) is 1. The molecule has 0 radical (unpaired) electrons. The summed E-state index contributed by atoms with van der Waals surface area (Å²) < 4.78 is 37.4. The van der Waals surface area contributed by atoms with Gasteiger partial charge in [0, 0.05) is 80.9 Å². The topological polar surface area (TPSA) is 92.8 Å². The zero-order chi connectivity index (χ0) is 31.2. The summed E-state index contributed by atoms with van der Waals surface area (Å²) >= 11 is 0. The van der Waals surface area contributed by atoms with Gasteiger partial charge in [0.05, 0.1) is 37.6 Å². The van der Waals surface area contributed by atoms with Crippen molar-refractivity contribution in [3.8, 4) is 5.75 Å². The summed E-state index contributed by atoms with van der Waals surface area (Å²) in [4.78, 5) is 31.0. The number of hydrogen-bond acceptors (Lipinski definition) is 9. The molecule has 1 aliphatic heterocycles. The summed E-state index contributed by atoms with van der Waals surface area (Å²) in [6, 6.07) is 7.17. The molecular weight excluding hydrogens is 562 g/mol. The first-order chi connectivity index (χ1) is 21.2. The maximum atomic E-state index is 14.5. The summed E-state index contributed by atoms with van der Waals surface area (Å²) in [7, 11) is 8.84. The van der Waals surface area contributed by atoms with Crippen LogP contribution in [0.3, 0.4) is 0 Å². The number of rotatable bonds is 10. The van der Waals surface area contributed by atoms with Crippen LogP contribution in [0.1, 0.15) is 49.9 Å². The normalized spacial score (nSPS) is 46.5. The first kappa shape index (κ1) is 30.6. The van der Waals surface area contributed by atoms with Crippen LogP contribution >= 0.6 is 0 Å². The molecule has 1 aromatic rings. The summed E-state index contributed by atoms with van der Waals surface area (Å²) in [5.41, 5.74) is -0.664. The Bertz CT molecular complexity index is 1290. The molecule has 7 unspecified atom stereocenters. The fourth-order valence-electron chi connectivity index (χ4n) is 12.7. The van der Waals surface area contributed by atoms with Crippen molar-refractivity contribution in [1.29, 1.82) is 0 Å². The number of ether oxygens (including phenoxy) is 6. The molecule has 44 heavy (non-hydrogen) atoms. The number of carbonyl (C=O) groups is 2. The van der Waals surface area contributed by atoms with Crippen LogP contribution in [0.25, 0.3) is 0 Å². The van der Waals surface area contributed by atoms with Crippen molar-refractivity contribution in [2.24, 2.45) is 45.8 Å². The molecular formula is C35H49NO8. The predicted molar refractivity (Wildman–Crippen MR) is 161 cm³/mol. The van der Waals surface area contributed by atoms with Crippen molar-refractivity contribution in [1.82, 2.24) is 4.90 Å². The molecule has 5 saturated carbocycles. The summed E-state index contributed by atoms with van der Waals surface area (Å²) in [6.07, 6.45) is 2.60. The Balaban J connectivity index is 1.43. The molecule has 0 N–H and O–H groups in total. The number of likely N-dealkylation sites (tertiary alicyclic amines) is 1. The van der Waals surface area contributed by atoms with E-state index in [2.05, 4.69) is 11.8 Å². The van der Waals surface area contributed by atoms with E-state index in [9.17, 15) is 9.59 Å². The standard InChI is InChI=1S/C35H49NO8/c1-8-36-17-33(18-39-3)14-13-25(42-6)35-23-15-22-24(41-5)16-34(19(2)37,27(31(35)36)29(43-7)30(33)35)26(23)28(22)44-32(38)20-9-11-21(40-4)12-10-20/h9-12,22-31H,8,13-18H2,1-7H3/t22-,23?,24+,25?,26?,27?,28?,29?,30?,31-,33+,34-,35+/m1/s1. The molecule has 6 fully saturated rings. The minimum absolute atomic E-state index is 0.00715. The number of piperidine rings is 1. The number of carbonyl (C=O) groups excluding carboxylic acids is 2. The van der Waals surface area contributed by atoms with Crippen molar-refractivity contribution < 1.29 is 38.0 Å². The molecule has 6 aliphatic rings. The van der Waals surface area contributed by atoms with E-state index in [1.165, 1.54) is 0 Å². The third-order valence-corrected chi connectivity index (χ3v) is 13.6. The van der Waals surface area contributed by atoms with Gasteiger partial charge in [-0.05, 0) is 69.3 Å². The van der Waals surface area contributed by atoms with Crippen LogP contribution in [0, 0.1) is 45.8 Å². The maximum absolute atomic E-state index is 14.5. The van der Waals surface area contributed by atoms with E-state index < -0.39 is 11.5 Å². The van der Waals surface area contributed by atoms with E-state index in [1.54, 1.807) is 45.4 Å². The average molecular weight is 612 g/mol. The Morgan fingerprint density at radius 2 is 1.73 bits per heavy atom. The summed E-state index contributed by atoms with van der Waals surface area (Å²) in [5, 5.41) is 0. The molecule has 7 rings (SSSR count). The molecule has 1 heterocycles. The van der Waals surface area contributed by atoms with Crippen molar-refractivity contribution >= 4 is 11.8 Å². The smallest absolute Gasteiger partial charge is 0.338 e. The summed E-state index contributed by atoms with van der Waals surface area (Å²) in [5.74, 6) is 0.516. The average Bonchev–Trinajstić information content (AvgIpc) is 3.44. The highest BCUT2D eigenvalue weighted by molar-refractivity contribution is 5.90. The zero-order valence-electron chi connectivity index (χ0n) is 27.2. The first-order valence-electron chi connectivity index (χ1n) is 16.4. The molecule has 13 atom stereocenters. The van der Waals surface area contributed by atoms with Gasteiger partial charge in [-0.15, -0.1) is 0 Å². The van der Waals surface area contributed by atoms with Gasteiger partial charge in [-0.25, -0.2) is 4.79 Å². The molecule has 0 amide bonds. The number of methoxy groups -OCH3 is 5. The predicted octanol–water partition coefficient (Wildman–Crippen LogP) is 3.87. The van der Waals surface area contributed by atoms with Gasteiger partial charge in [-0.1, -0.05) is 6.92 Å². The van der Waals surface area contributed by atoms with Crippen LogP contribution in [0.4, 0.5) is 0 Å². The Labute approximate surface area is 261 Å². The lowest BCUT2D eigenvalue weighted by atomic mass is 9.41. The number of benzene rings is 1. The van der Waals surface area contributed by atoms with Crippen molar-refractivity contribution in [3.63, 3.8) is 0 Å². The fourth-order valence-corrected chi connectivity index (χ4v) is 12.7. The van der Waals surface area contributed by atoms with Crippen LogP contribution < -0.4 is 4.74 Å². The lowest BCUT2D eigenvalue weighted by Gasteiger charge is -2.69. The third-order valence-electron chi connectivity index (χ3n) is 13.6. The van der Waals surface area contributed by atoms with Crippen LogP contribution in [0.2, 0.25) is 0 Å². The second-order valence-corrected chi connectivity index (χ2v) is 14.5. The molecule has 9 nitrogen and oxygen atoms in total. The number of nitrogens with zero attached hydrogens (tertiary/aromatic N) is 1. The Kier molecular flexibility index (Phi) is 7.49. The number of fused-ring (bicyclic) bond motifs is 2. The Morgan fingerprint density at radius 3 is 2.32 bits per heavy atom. The summed E-state index contributed by atoms with van der Waals surface area (Å²) in [6.45, 7) is 6.47. The van der Waals surface area contributed by atoms with Gasteiger partial charge in [0.1, 0.15) is 17.6 Å². The Morgan fingerprint density at radius 1 is 0.977 bits per heavy atom. The SMILES string of the molecule is CCN1C[C@]2(COC)CCC(OC)[C@@]34C5C[C@H]6C(OC(=O)c7ccc(OC)cc7)C5[C@](C(C)=O)(C[C@@H]6OC)C(C(OC)C23)[C@@H]14.